The molecule has 120 valence electrons. The molecule has 23 heavy (non-hydrogen) atoms. The standard InChI is InChI=1S/C17H20N4O2/c1-11(22)12-5-7-13(8-6-12)20-15-10-18-14(9-19-15)16(23)21-17(2,3)4/h5-10H,1-4H3,(H,19,20)(H,21,23). The van der Waals surface area contributed by atoms with E-state index >= 15 is 0 Å². The smallest absolute Gasteiger partial charge is 0.271 e. The highest BCUT2D eigenvalue weighted by molar-refractivity contribution is 5.94. The summed E-state index contributed by atoms with van der Waals surface area (Å²) in [6.07, 6.45) is 2.92. The van der Waals surface area contributed by atoms with Crippen LogP contribution in [0.15, 0.2) is 36.7 Å². The molecule has 0 aliphatic rings. The maximum absolute atomic E-state index is 12.0. The average molecular weight is 312 g/mol. The molecule has 0 bridgehead atoms. The molecule has 0 radical (unpaired) electrons. The molecule has 2 N–H and O–H groups in total. The van der Waals surface area contributed by atoms with Gasteiger partial charge in [-0.15, -0.1) is 0 Å². The Hall–Kier alpha value is -2.76. The average Bonchev–Trinajstić information content (AvgIpc) is 2.46. The molecule has 0 atom stereocenters. The monoisotopic (exact) mass is 312 g/mol. The second-order valence-corrected chi connectivity index (χ2v) is 6.25. The van der Waals surface area contributed by atoms with Gasteiger partial charge in [-0.25, -0.2) is 9.97 Å². The van der Waals surface area contributed by atoms with Gasteiger partial charge in [0.1, 0.15) is 11.5 Å². The summed E-state index contributed by atoms with van der Waals surface area (Å²) in [4.78, 5) is 31.5. The summed E-state index contributed by atoms with van der Waals surface area (Å²) in [5, 5.41) is 5.90. The zero-order chi connectivity index (χ0) is 17.0. The fraction of sp³-hybridized carbons (Fsp3) is 0.294. The Morgan fingerprint density at radius 2 is 1.65 bits per heavy atom. The second kappa shape index (κ2) is 6.56. The number of nitrogens with zero attached hydrogens (tertiary/aromatic N) is 2. The molecule has 0 unspecified atom stereocenters. The van der Waals surface area contributed by atoms with Crippen LogP contribution < -0.4 is 10.6 Å². The third kappa shape index (κ3) is 4.88. The molecule has 1 amide bonds. The number of hydrogen-bond donors (Lipinski definition) is 2. The summed E-state index contributed by atoms with van der Waals surface area (Å²) in [6.45, 7) is 7.23. The second-order valence-electron chi connectivity index (χ2n) is 6.25. The third-order valence-electron chi connectivity index (χ3n) is 2.94. The molecule has 6 nitrogen and oxygen atoms in total. The Kier molecular flexibility index (Phi) is 4.74. The molecule has 0 aliphatic carbocycles. The molecule has 1 aromatic carbocycles. The number of anilines is 2. The number of ketones is 1. The van der Waals surface area contributed by atoms with Crippen molar-refractivity contribution in [2.24, 2.45) is 0 Å². The van der Waals surface area contributed by atoms with Crippen LogP contribution in [0.3, 0.4) is 0 Å². The zero-order valence-electron chi connectivity index (χ0n) is 13.7. The van der Waals surface area contributed by atoms with Gasteiger partial charge < -0.3 is 10.6 Å². The minimum Gasteiger partial charge on any atom is -0.346 e. The van der Waals surface area contributed by atoms with Crippen molar-refractivity contribution in [2.75, 3.05) is 5.32 Å². The Bertz CT molecular complexity index is 701. The van der Waals surface area contributed by atoms with E-state index in [4.69, 9.17) is 0 Å². The molecule has 0 saturated carbocycles. The van der Waals surface area contributed by atoms with Crippen molar-refractivity contribution < 1.29 is 9.59 Å². The van der Waals surface area contributed by atoms with Crippen LogP contribution >= 0.6 is 0 Å². The molecular weight excluding hydrogens is 292 g/mol. The number of aromatic nitrogens is 2. The highest BCUT2D eigenvalue weighted by Crippen LogP contribution is 2.15. The number of hydrogen-bond acceptors (Lipinski definition) is 5. The van der Waals surface area contributed by atoms with Crippen LogP contribution in [0.5, 0.6) is 0 Å². The predicted molar refractivity (Wildman–Crippen MR) is 89.0 cm³/mol. The van der Waals surface area contributed by atoms with E-state index in [9.17, 15) is 9.59 Å². The number of carbonyl (C=O) groups excluding carboxylic acids is 2. The van der Waals surface area contributed by atoms with Gasteiger partial charge in [-0.3, -0.25) is 9.59 Å². The van der Waals surface area contributed by atoms with Gasteiger partial charge in [0.15, 0.2) is 5.78 Å². The predicted octanol–water partition coefficient (Wildman–Crippen LogP) is 2.95. The minimum atomic E-state index is -0.325. The number of carbonyl (C=O) groups is 2. The van der Waals surface area contributed by atoms with Crippen LogP contribution in [0.2, 0.25) is 0 Å². The number of amides is 1. The lowest BCUT2D eigenvalue weighted by Gasteiger charge is -2.19. The number of benzene rings is 1. The van der Waals surface area contributed by atoms with Gasteiger partial charge in [-0.2, -0.15) is 0 Å². The van der Waals surface area contributed by atoms with Crippen molar-refractivity contribution in [3.8, 4) is 0 Å². The Labute approximate surface area is 135 Å². The molecule has 0 aliphatic heterocycles. The topological polar surface area (TPSA) is 84.0 Å². The van der Waals surface area contributed by atoms with Crippen LogP contribution in [0.1, 0.15) is 48.5 Å². The molecule has 0 saturated heterocycles. The van der Waals surface area contributed by atoms with Crippen molar-refractivity contribution in [2.45, 2.75) is 33.2 Å². The molecule has 2 rings (SSSR count). The van der Waals surface area contributed by atoms with Gasteiger partial charge in [0, 0.05) is 16.8 Å². The van der Waals surface area contributed by atoms with E-state index in [1.807, 2.05) is 20.8 Å². The number of rotatable bonds is 4. The lowest BCUT2D eigenvalue weighted by molar-refractivity contribution is 0.0913. The van der Waals surface area contributed by atoms with Crippen molar-refractivity contribution in [3.05, 3.63) is 47.9 Å². The van der Waals surface area contributed by atoms with E-state index in [0.29, 0.717) is 11.4 Å². The SMILES string of the molecule is CC(=O)c1ccc(Nc2cnc(C(=O)NC(C)(C)C)cn2)cc1. The quantitative estimate of drug-likeness (QED) is 0.848. The third-order valence-corrected chi connectivity index (χ3v) is 2.94. The van der Waals surface area contributed by atoms with Gasteiger partial charge in [-0.1, -0.05) is 0 Å². The lowest BCUT2D eigenvalue weighted by Crippen LogP contribution is -2.40. The van der Waals surface area contributed by atoms with Crippen molar-refractivity contribution in [1.82, 2.24) is 15.3 Å². The maximum Gasteiger partial charge on any atom is 0.271 e. The first-order valence-electron chi connectivity index (χ1n) is 7.27. The van der Waals surface area contributed by atoms with E-state index in [-0.39, 0.29) is 22.9 Å². The summed E-state index contributed by atoms with van der Waals surface area (Å²) >= 11 is 0. The fourth-order valence-electron chi connectivity index (χ4n) is 1.85. The first-order chi connectivity index (χ1) is 10.7. The maximum atomic E-state index is 12.0. The van der Waals surface area contributed by atoms with Crippen LogP contribution in [0.4, 0.5) is 11.5 Å². The molecule has 2 aromatic rings. The summed E-state index contributed by atoms with van der Waals surface area (Å²) in [5.41, 5.74) is 1.37. The largest absolute Gasteiger partial charge is 0.346 e. The molecule has 1 aromatic heterocycles. The number of nitrogens with one attached hydrogen (secondary N) is 2. The van der Waals surface area contributed by atoms with Crippen molar-refractivity contribution in [1.29, 1.82) is 0 Å². The molecule has 0 spiro atoms. The number of Topliss-reactive ketones (excluding diaryl/α,β-unsaturated/α-hetero) is 1. The normalized spacial score (nSPS) is 11.0. The minimum absolute atomic E-state index is 0.0190. The summed E-state index contributed by atoms with van der Waals surface area (Å²) in [7, 11) is 0. The van der Waals surface area contributed by atoms with Gasteiger partial charge in [0.25, 0.3) is 5.91 Å². The molecule has 1 heterocycles. The fourth-order valence-corrected chi connectivity index (χ4v) is 1.85. The van der Waals surface area contributed by atoms with E-state index in [2.05, 4.69) is 20.6 Å². The highest BCUT2D eigenvalue weighted by atomic mass is 16.2. The lowest BCUT2D eigenvalue weighted by atomic mass is 10.1. The van der Waals surface area contributed by atoms with Gasteiger partial charge in [0.2, 0.25) is 0 Å². The highest BCUT2D eigenvalue weighted by Gasteiger charge is 2.16. The zero-order valence-corrected chi connectivity index (χ0v) is 13.7. The van der Waals surface area contributed by atoms with Crippen LogP contribution in [-0.2, 0) is 0 Å². The first-order valence-corrected chi connectivity index (χ1v) is 7.27. The van der Waals surface area contributed by atoms with E-state index in [1.165, 1.54) is 19.3 Å². The Balaban J connectivity index is 2.05. The van der Waals surface area contributed by atoms with Crippen LogP contribution in [-0.4, -0.2) is 27.2 Å². The van der Waals surface area contributed by atoms with Crippen molar-refractivity contribution >= 4 is 23.2 Å². The first kappa shape index (κ1) is 16.6. The summed E-state index contributed by atoms with van der Waals surface area (Å²) in [5.74, 6) is 0.279. The van der Waals surface area contributed by atoms with E-state index < -0.39 is 0 Å². The van der Waals surface area contributed by atoms with Crippen molar-refractivity contribution in [3.63, 3.8) is 0 Å². The summed E-state index contributed by atoms with van der Waals surface area (Å²) < 4.78 is 0. The van der Waals surface area contributed by atoms with Gasteiger partial charge in [0.05, 0.1) is 12.4 Å². The molecule has 0 fully saturated rings. The van der Waals surface area contributed by atoms with Crippen LogP contribution in [0, 0.1) is 0 Å². The molecular formula is C17H20N4O2. The Morgan fingerprint density at radius 3 is 2.13 bits per heavy atom. The van der Waals surface area contributed by atoms with Gasteiger partial charge >= 0.3 is 0 Å². The van der Waals surface area contributed by atoms with E-state index in [0.717, 1.165) is 5.69 Å². The summed E-state index contributed by atoms with van der Waals surface area (Å²) in [6, 6.07) is 7.06. The van der Waals surface area contributed by atoms with E-state index in [1.54, 1.807) is 24.3 Å². The van der Waals surface area contributed by atoms with Crippen LogP contribution in [0.25, 0.3) is 0 Å². The molecule has 6 heteroatoms. The Morgan fingerprint density at radius 1 is 1.00 bits per heavy atom. The van der Waals surface area contributed by atoms with Gasteiger partial charge in [-0.05, 0) is 52.0 Å².